The summed E-state index contributed by atoms with van der Waals surface area (Å²) in [6.45, 7) is 6.22. The van der Waals surface area contributed by atoms with Crippen molar-refractivity contribution in [3.8, 4) is 0 Å². The summed E-state index contributed by atoms with van der Waals surface area (Å²) in [6.07, 6.45) is 0. The molecule has 1 nitrogen and oxygen atoms in total. The van der Waals surface area contributed by atoms with E-state index in [2.05, 4.69) is 60.2 Å². The molecule has 0 saturated heterocycles. The van der Waals surface area contributed by atoms with Gasteiger partial charge in [-0.15, -0.1) is 0 Å². The Hall–Kier alpha value is -1.35. The molecule has 0 heterocycles. The summed E-state index contributed by atoms with van der Waals surface area (Å²) >= 11 is 3.41. The highest BCUT2D eigenvalue weighted by Crippen LogP contribution is 2.28. The van der Waals surface area contributed by atoms with Crippen LogP contribution in [0, 0.1) is 19.7 Å². The van der Waals surface area contributed by atoms with Crippen molar-refractivity contribution in [3.05, 3.63) is 63.4 Å². The van der Waals surface area contributed by atoms with Crippen molar-refractivity contribution in [2.45, 2.75) is 26.8 Å². The molecule has 0 amide bonds. The van der Waals surface area contributed by atoms with Crippen LogP contribution < -0.4 is 5.32 Å². The Balaban J connectivity index is 2.25. The van der Waals surface area contributed by atoms with Gasteiger partial charge in [-0.2, -0.15) is 0 Å². The largest absolute Gasteiger partial charge is 0.378 e. The van der Waals surface area contributed by atoms with E-state index in [4.69, 9.17) is 0 Å². The van der Waals surface area contributed by atoms with E-state index >= 15 is 0 Å². The second-order valence-electron chi connectivity index (χ2n) is 4.85. The van der Waals surface area contributed by atoms with Gasteiger partial charge < -0.3 is 5.32 Å². The zero-order valence-electron chi connectivity index (χ0n) is 11.3. The Morgan fingerprint density at radius 1 is 1.11 bits per heavy atom. The summed E-state index contributed by atoms with van der Waals surface area (Å²) in [5.74, 6) is -0.227. The topological polar surface area (TPSA) is 12.0 Å². The Labute approximate surface area is 122 Å². The molecular weight excluding hydrogens is 305 g/mol. The van der Waals surface area contributed by atoms with E-state index in [0.29, 0.717) is 0 Å². The number of hydrogen-bond acceptors (Lipinski definition) is 1. The molecule has 2 aromatic carbocycles. The second kappa shape index (κ2) is 5.74. The van der Waals surface area contributed by atoms with Gasteiger partial charge in [0.05, 0.1) is 0 Å². The van der Waals surface area contributed by atoms with Crippen LogP contribution in [0.25, 0.3) is 0 Å². The minimum absolute atomic E-state index is 0.107. The van der Waals surface area contributed by atoms with E-state index in [1.807, 2.05) is 6.07 Å². The lowest BCUT2D eigenvalue weighted by atomic mass is 10.1. The maximum absolute atomic E-state index is 13.1. The molecule has 0 bridgehead atoms. The first kappa shape index (κ1) is 14.1. The van der Waals surface area contributed by atoms with Crippen LogP contribution in [0.15, 0.2) is 40.9 Å². The predicted octanol–water partition coefficient (Wildman–Crippen LogP) is 5.38. The molecule has 0 aliphatic rings. The summed E-state index contributed by atoms with van der Waals surface area (Å²) in [5, 5.41) is 3.48. The fraction of sp³-hybridized carbons (Fsp3) is 0.250. The Kier molecular flexibility index (Phi) is 4.25. The summed E-state index contributed by atoms with van der Waals surface area (Å²) in [5.41, 5.74) is 4.58. The number of halogens is 2. The minimum atomic E-state index is -0.227. The fourth-order valence-corrected chi connectivity index (χ4v) is 2.75. The van der Waals surface area contributed by atoms with Crippen molar-refractivity contribution in [2.75, 3.05) is 5.32 Å². The van der Waals surface area contributed by atoms with Crippen LogP contribution in [0.2, 0.25) is 0 Å². The van der Waals surface area contributed by atoms with Crippen molar-refractivity contribution in [3.63, 3.8) is 0 Å². The maximum Gasteiger partial charge on any atom is 0.124 e. The molecule has 0 spiro atoms. The van der Waals surface area contributed by atoms with E-state index < -0.39 is 0 Å². The third-order valence-electron chi connectivity index (χ3n) is 3.19. The molecule has 3 heteroatoms. The maximum atomic E-state index is 13.1. The van der Waals surface area contributed by atoms with Gasteiger partial charge in [-0.1, -0.05) is 34.1 Å². The lowest BCUT2D eigenvalue weighted by Gasteiger charge is -2.19. The van der Waals surface area contributed by atoms with Crippen LogP contribution in [-0.4, -0.2) is 0 Å². The van der Waals surface area contributed by atoms with Crippen LogP contribution >= 0.6 is 15.9 Å². The lowest BCUT2D eigenvalue weighted by Crippen LogP contribution is -2.08. The predicted molar refractivity (Wildman–Crippen MR) is 82.1 cm³/mol. The zero-order valence-corrected chi connectivity index (χ0v) is 12.9. The van der Waals surface area contributed by atoms with Gasteiger partial charge in [0.25, 0.3) is 0 Å². The lowest BCUT2D eigenvalue weighted by molar-refractivity contribution is 0.625. The highest BCUT2D eigenvalue weighted by molar-refractivity contribution is 9.10. The van der Waals surface area contributed by atoms with Crippen LogP contribution in [0.5, 0.6) is 0 Å². The summed E-state index contributed by atoms with van der Waals surface area (Å²) in [4.78, 5) is 0. The van der Waals surface area contributed by atoms with E-state index in [0.717, 1.165) is 15.7 Å². The molecule has 0 aromatic heterocycles. The number of nitrogens with one attached hydrogen (secondary N) is 1. The zero-order chi connectivity index (χ0) is 14.0. The summed E-state index contributed by atoms with van der Waals surface area (Å²) in [6, 6.07) is 11.2. The first-order valence-corrected chi connectivity index (χ1v) is 7.05. The van der Waals surface area contributed by atoms with Crippen molar-refractivity contribution < 1.29 is 4.39 Å². The van der Waals surface area contributed by atoms with E-state index in [1.165, 1.54) is 23.3 Å². The number of aryl methyl sites for hydroxylation is 2. The van der Waals surface area contributed by atoms with E-state index in [1.54, 1.807) is 0 Å². The average molecular weight is 322 g/mol. The molecule has 1 N–H and O–H groups in total. The van der Waals surface area contributed by atoms with Gasteiger partial charge in [0.1, 0.15) is 5.82 Å². The van der Waals surface area contributed by atoms with Gasteiger partial charge >= 0.3 is 0 Å². The summed E-state index contributed by atoms with van der Waals surface area (Å²) in [7, 11) is 0. The smallest absolute Gasteiger partial charge is 0.124 e. The van der Waals surface area contributed by atoms with Gasteiger partial charge in [0, 0.05) is 16.2 Å². The number of anilines is 1. The SMILES string of the molecule is Cc1ccc(C)c(NC(C)c2ccc(F)cc2Br)c1. The fourth-order valence-electron chi connectivity index (χ4n) is 2.06. The number of rotatable bonds is 3. The van der Waals surface area contributed by atoms with Crippen LogP contribution in [0.4, 0.5) is 10.1 Å². The molecule has 2 aromatic rings. The van der Waals surface area contributed by atoms with Gasteiger partial charge in [-0.05, 0) is 55.7 Å². The van der Waals surface area contributed by atoms with Gasteiger partial charge in [0.2, 0.25) is 0 Å². The standard InChI is InChI=1S/C16H17BrFN/c1-10-4-5-11(2)16(8-10)19-12(3)14-7-6-13(18)9-15(14)17/h4-9,12,19H,1-3H3. The molecule has 2 rings (SSSR count). The van der Waals surface area contributed by atoms with E-state index in [9.17, 15) is 4.39 Å². The molecule has 100 valence electrons. The Bertz CT molecular complexity index is 595. The third-order valence-corrected chi connectivity index (χ3v) is 3.88. The number of benzene rings is 2. The van der Waals surface area contributed by atoms with Crippen molar-refractivity contribution in [2.24, 2.45) is 0 Å². The number of hydrogen-bond donors (Lipinski definition) is 1. The second-order valence-corrected chi connectivity index (χ2v) is 5.70. The van der Waals surface area contributed by atoms with Crippen molar-refractivity contribution >= 4 is 21.6 Å². The normalized spacial score (nSPS) is 12.3. The average Bonchev–Trinajstić information content (AvgIpc) is 2.33. The molecule has 1 unspecified atom stereocenters. The first-order chi connectivity index (χ1) is 8.97. The van der Waals surface area contributed by atoms with Crippen LogP contribution in [0.1, 0.15) is 29.7 Å². The molecule has 0 fully saturated rings. The Morgan fingerprint density at radius 3 is 2.53 bits per heavy atom. The minimum Gasteiger partial charge on any atom is -0.378 e. The van der Waals surface area contributed by atoms with Gasteiger partial charge in [0.15, 0.2) is 0 Å². The van der Waals surface area contributed by atoms with Crippen LogP contribution in [-0.2, 0) is 0 Å². The van der Waals surface area contributed by atoms with E-state index in [-0.39, 0.29) is 11.9 Å². The van der Waals surface area contributed by atoms with Crippen LogP contribution in [0.3, 0.4) is 0 Å². The quantitative estimate of drug-likeness (QED) is 0.800. The van der Waals surface area contributed by atoms with Gasteiger partial charge in [-0.3, -0.25) is 0 Å². The molecule has 0 radical (unpaired) electrons. The van der Waals surface area contributed by atoms with Crippen molar-refractivity contribution in [1.82, 2.24) is 0 Å². The first-order valence-electron chi connectivity index (χ1n) is 6.26. The highest BCUT2D eigenvalue weighted by atomic mass is 79.9. The van der Waals surface area contributed by atoms with Gasteiger partial charge in [-0.25, -0.2) is 4.39 Å². The molecule has 0 saturated carbocycles. The summed E-state index contributed by atoms with van der Waals surface area (Å²) < 4.78 is 13.9. The highest BCUT2D eigenvalue weighted by Gasteiger charge is 2.11. The molecule has 0 aliphatic heterocycles. The molecule has 0 aliphatic carbocycles. The molecule has 19 heavy (non-hydrogen) atoms. The molecule has 1 atom stereocenters. The molecular formula is C16H17BrFN. The Morgan fingerprint density at radius 2 is 1.84 bits per heavy atom. The monoisotopic (exact) mass is 321 g/mol. The third kappa shape index (κ3) is 3.35. The van der Waals surface area contributed by atoms with Crippen molar-refractivity contribution in [1.29, 1.82) is 0 Å².